The molecular formula is C28H34N8O. The minimum Gasteiger partial charge on any atom is -0.366 e. The van der Waals surface area contributed by atoms with E-state index in [1.807, 2.05) is 6.07 Å². The Morgan fingerprint density at radius 1 is 0.973 bits per heavy atom. The van der Waals surface area contributed by atoms with Crippen LogP contribution in [0.25, 0.3) is 16.5 Å². The van der Waals surface area contributed by atoms with E-state index >= 15 is 0 Å². The third kappa shape index (κ3) is 4.89. The number of carbonyl (C=O) groups excluding carboxylic acids is 1. The van der Waals surface area contributed by atoms with E-state index in [2.05, 4.69) is 78.7 Å². The molecule has 2 aromatic heterocycles. The zero-order valence-corrected chi connectivity index (χ0v) is 21.6. The highest BCUT2D eigenvalue weighted by Gasteiger charge is 2.25. The van der Waals surface area contributed by atoms with Crippen LogP contribution < -0.4 is 15.5 Å². The first kappa shape index (κ1) is 23.8. The molecule has 3 aliphatic rings. The van der Waals surface area contributed by atoms with Gasteiger partial charge in [0.05, 0.1) is 17.4 Å². The SMILES string of the molecule is CN1CCC(C(=O)Nc2cnc3c(c2)C(c2ccc4ncnc(N5CCN(C)CC5)c4c2)=CCN3)CC1. The lowest BCUT2D eigenvalue weighted by Gasteiger charge is -2.33. The summed E-state index contributed by atoms with van der Waals surface area (Å²) in [5, 5.41) is 7.56. The van der Waals surface area contributed by atoms with Gasteiger partial charge in [0.2, 0.25) is 5.91 Å². The van der Waals surface area contributed by atoms with Crippen LogP contribution in [-0.4, -0.2) is 90.6 Å². The summed E-state index contributed by atoms with van der Waals surface area (Å²) in [7, 11) is 4.27. The van der Waals surface area contributed by atoms with E-state index in [1.165, 1.54) is 0 Å². The summed E-state index contributed by atoms with van der Waals surface area (Å²) in [6.45, 7) is 6.56. The Morgan fingerprint density at radius 3 is 2.57 bits per heavy atom. The molecule has 3 aliphatic heterocycles. The van der Waals surface area contributed by atoms with Crippen molar-refractivity contribution in [2.45, 2.75) is 12.8 Å². The van der Waals surface area contributed by atoms with Gasteiger partial charge in [-0.1, -0.05) is 12.1 Å². The van der Waals surface area contributed by atoms with Crippen LogP contribution in [0, 0.1) is 5.92 Å². The van der Waals surface area contributed by atoms with Crippen molar-refractivity contribution in [3.05, 3.63) is 54.0 Å². The average Bonchev–Trinajstić information content (AvgIpc) is 2.93. The second-order valence-corrected chi connectivity index (χ2v) is 10.4. The molecule has 0 atom stereocenters. The van der Waals surface area contributed by atoms with Gasteiger partial charge in [0, 0.05) is 49.6 Å². The largest absolute Gasteiger partial charge is 0.366 e. The van der Waals surface area contributed by atoms with Gasteiger partial charge in [0.1, 0.15) is 18.0 Å². The lowest BCUT2D eigenvalue weighted by molar-refractivity contribution is -0.121. The second-order valence-electron chi connectivity index (χ2n) is 10.4. The quantitative estimate of drug-likeness (QED) is 0.568. The Balaban J connectivity index is 1.29. The molecule has 0 radical (unpaired) electrons. The summed E-state index contributed by atoms with van der Waals surface area (Å²) in [5.41, 5.74) is 4.87. The molecular weight excluding hydrogens is 464 g/mol. The van der Waals surface area contributed by atoms with Crippen molar-refractivity contribution < 1.29 is 4.79 Å². The molecule has 2 saturated heterocycles. The van der Waals surface area contributed by atoms with Crippen LogP contribution in [-0.2, 0) is 4.79 Å². The highest BCUT2D eigenvalue weighted by Crippen LogP contribution is 2.35. The summed E-state index contributed by atoms with van der Waals surface area (Å²) in [5.74, 6) is 1.96. The molecule has 9 heteroatoms. The van der Waals surface area contributed by atoms with Gasteiger partial charge in [-0.05, 0) is 69.4 Å². The van der Waals surface area contributed by atoms with Gasteiger partial charge in [-0.3, -0.25) is 4.79 Å². The molecule has 2 N–H and O–H groups in total. The molecule has 3 aromatic rings. The molecule has 37 heavy (non-hydrogen) atoms. The molecule has 0 saturated carbocycles. The second kappa shape index (κ2) is 10.1. The first-order valence-electron chi connectivity index (χ1n) is 13.2. The summed E-state index contributed by atoms with van der Waals surface area (Å²) in [4.78, 5) is 33.8. The number of pyridine rings is 1. The van der Waals surface area contributed by atoms with Crippen LogP contribution in [0.15, 0.2) is 42.9 Å². The first-order valence-corrected chi connectivity index (χ1v) is 13.2. The Bertz CT molecular complexity index is 1340. The lowest BCUT2D eigenvalue weighted by Crippen LogP contribution is -2.44. The monoisotopic (exact) mass is 498 g/mol. The molecule has 1 aromatic carbocycles. The molecule has 192 valence electrons. The maximum Gasteiger partial charge on any atom is 0.227 e. The molecule has 5 heterocycles. The van der Waals surface area contributed by atoms with Gasteiger partial charge in [-0.15, -0.1) is 0 Å². The van der Waals surface area contributed by atoms with Crippen LogP contribution in [0.4, 0.5) is 17.3 Å². The van der Waals surface area contributed by atoms with Crippen LogP contribution in [0.2, 0.25) is 0 Å². The van der Waals surface area contributed by atoms with Gasteiger partial charge < -0.3 is 25.3 Å². The highest BCUT2D eigenvalue weighted by molar-refractivity contribution is 5.97. The average molecular weight is 499 g/mol. The van der Waals surface area contributed by atoms with E-state index in [1.54, 1.807) is 12.5 Å². The van der Waals surface area contributed by atoms with Crippen LogP contribution in [0.5, 0.6) is 0 Å². The number of benzene rings is 1. The van der Waals surface area contributed by atoms with Crippen LogP contribution in [0.1, 0.15) is 24.0 Å². The molecule has 1 amide bonds. The number of piperidine rings is 1. The van der Waals surface area contributed by atoms with E-state index in [4.69, 9.17) is 0 Å². The number of aromatic nitrogens is 3. The van der Waals surface area contributed by atoms with Crippen molar-refractivity contribution in [3.8, 4) is 0 Å². The fraction of sp³-hybridized carbons (Fsp3) is 0.429. The summed E-state index contributed by atoms with van der Waals surface area (Å²) in [6.07, 6.45) is 7.39. The molecule has 9 nitrogen and oxygen atoms in total. The number of piperazine rings is 1. The molecule has 0 bridgehead atoms. The maximum atomic E-state index is 12.9. The first-order chi connectivity index (χ1) is 18.0. The minimum absolute atomic E-state index is 0.0499. The van der Waals surface area contributed by atoms with Crippen molar-refractivity contribution in [1.29, 1.82) is 0 Å². The van der Waals surface area contributed by atoms with Crippen LogP contribution in [0.3, 0.4) is 0 Å². The molecule has 0 unspecified atom stereocenters. The maximum absolute atomic E-state index is 12.9. The Morgan fingerprint density at radius 2 is 1.76 bits per heavy atom. The number of hydrogen-bond acceptors (Lipinski definition) is 8. The Hall–Kier alpha value is -3.56. The molecule has 6 rings (SSSR count). The van der Waals surface area contributed by atoms with Crippen molar-refractivity contribution in [2.24, 2.45) is 5.92 Å². The Labute approximate surface area is 217 Å². The third-order valence-corrected chi connectivity index (χ3v) is 7.84. The number of carbonyl (C=O) groups is 1. The van der Waals surface area contributed by atoms with Crippen LogP contribution >= 0.6 is 0 Å². The predicted octanol–water partition coefficient (Wildman–Crippen LogP) is 2.91. The van der Waals surface area contributed by atoms with Crippen molar-refractivity contribution in [1.82, 2.24) is 24.8 Å². The number of amides is 1. The van der Waals surface area contributed by atoms with Gasteiger partial charge in [-0.2, -0.15) is 0 Å². The van der Waals surface area contributed by atoms with E-state index in [0.717, 1.165) is 97.0 Å². The normalized spacial score (nSPS) is 19.3. The smallest absolute Gasteiger partial charge is 0.227 e. The van der Waals surface area contributed by atoms with E-state index in [0.29, 0.717) is 6.54 Å². The molecule has 0 spiro atoms. The lowest BCUT2D eigenvalue weighted by atomic mass is 9.94. The summed E-state index contributed by atoms with van der Waals surface area (Å²) in [6, 6.07) is 8.44. The van der Waals surface area contributed by atoms with Gasteiger partial charge in [0.15, 0.2) is 0 Å². The van der Waals surface area contributed by atoms with Crippen molar-refractivity contribution in [2.75, 3.05) is 75.4 Å². The van der Waals surface area contributed by atoms with Crippen molar-refractivity contribution >= 4 is 39.7 Å². The summed E-state index contributed by atoms with van der Waals surface area (Å²) < 4.78 is 0. The Kier molecular flexibility index (Phi) is 6.48. The van der Waals surface area contributed by atoms with Crippen molar-refractivity contribution in [3.63, 3.8) is 0 Å². The number of likely N-dealkylation sites (N-methyl/N-ethyl adjacent to an activating group) is 1. The minimum atomic E-state index is 0.0499. The highest BCUT2D eigenvalue weighted by atomic mass is 16.1. The standard InChI is InChI=1S/C28H34N8O/c1-34-9-6-19(7-10-34)28(37)33-21-16-23-22(5-8-29-26(23)30-17-21)20-3-4-25-24(15-20)27(32-18-31-25)36-13-11-35(2)12-14-36/h3-5,15-19H,6-14H2,1-2H3,(H,29,30)(H,33,37). The molecule has 2 fully saturated rings. The topological polar surface area (TPSA) is 89.5 Å². The van der Waals surface area contributed by atoms with Gasteiger partial charge >= 0.3 is 0 Å². The van der Waals surface area contributed by atoms with E-state index < -0.39 is 0 Å². The number of fused-ring (bicyclic) bond motifs is 2. The van der Waals surface area contributed by atoms with E-state index in [9.17, 15) is 4.79 Å². The summed E-state index contributed by atoms with van der Waals surface area (Å²) >= 11 is 0. The van der Waals surface area contributed by atoms with E-state index in [-0.39, 0.29) is 11.8 Å². The zero-order chi connectivity index (χ0) is 25.4. The third-order valence-electron chi connectivity index (χ3n) is 7.84. The number of nitrogens with zero attached hydrogens (tertiary/aromatic N) is 6. The predicted molar refractivity (Wildman–Crippen MR) is 148 cm³/mol. The van der Waals surface area contributed by atoms with Gasteiger partial charge in [-0.25, -0.2) is 15.0 Å². The number of rotatable bonds is 4. The fourth-order valence-electron chi connectivity index (χ4n) is 5.51. The number of likely N-dealkylation sites (tertiary alicyclic amines) is 1. The zero-order valence-electron chi connectivity index (χ0n) is 21.6. The molecule has 0 aliphatic carbocycles. The fourth-order valence-corrected chi connectivity index (χ4v) is 5.51. The number of anilines is 3. The number of nitrogens with one attached hydrogen (secondary N) is 2. The van der Waals surface area contributed by atoms with Gasteiger partial charge in [0.25, 0.3) is 0 Å². The number of hydrogen-bond donors (Lipinski definition) is 2.